The van der Waals surface area contributed by atoms with Gasteiger partial charge in [-0.15, -0.1) is 0 Å². The summed E-state index contributed by atoms with van der Waals surface area (Å²) >= 11 is 5.89. The van der Waals surface area contributed by atoms with Crippen LogP contribution >= 0.6 is 11.6 Å². The predicted molar refractivity (Wildman–Crippen MR) is 99.3 cm³/mol. The largest absolute Gasteiger partial charge is 0.354 e. The Balaban J connectivity index is 1.87. The maximum Gasteiger partial charge on any atom is 0.258 e. The zero-order chi connectivity index (χ0) is 18.9. The zero-order valence-electron chi connectivity index (χ0n) is 14.2. The number of carbonyl (C=O) groups is 3. The number of anilines is 1. The molecule has 0 radical (unpaired) electrons. The summed E-state index contributed by atoms with van der Waals surface area (Å²) in [6.45, 7) is 2.47. The second-order valence-electron chi connectivity index (χ2n) is 5.33. The number of benzene rings is 1. The molecule has 0 aliphatic carbocycles. The van der Waals surface area contributed by atoms with Crippen LogP contribution in [0.2, 0.25) is 5.15 Å². The molecular formula is C18H19ClN4O3. The molecule has 3 N–H and O–H groups in total. The normalized spacial score (nSPS) is 10.1. The third-order valence-electron chi connectivity index (χ3n) is 3.46. The molecule has 2 rings (SSSR count). The number of pyridine rings is 1. The van der Waals surface area contributed by atoms with Crippen molar-refractivity contribution < 1.29 is 14.4 Å². The van der Waals surface area contributed by atoms with Crippen LogP contribution in [-0.4, -0.2) is 35.8 Å². The van der Waals surface area contributed by atoms with Crippen LogP contribution in [0.25, 0.3) is 0 Å². The summed E-state index contributed by atoms with van der Waals surface area (Å²) in [4.78, 5) is 39.1. The molecule has 1 aromatic carbocycles. The lowest BCUT2D eigenvalue weighted by Crippen LogP contribution is -2.34. The number of rotatable bonds is 7. The van der Waals surface area contributed by atoms with Crippen LogP contribution in [0, 0.1) is 0 Å². The molecule has 0 aliphatic rings. The lowest BCUT2D eigenvalue weighted by molar-refractivity contribution is -0.120. The van der Waals surface area contributed by atoms with Gasteiger partial charge in [0.2, 0.25) is 5.91 Å². The highest BCUT2D eigenvalue weighted by atomic mass is 35.5. The summed E-state index contributed by atoms with van der Waals surface area (Å²) < 4.78 is 0. The average Bonchev–Trinajstić information content (AvgIpc) is 2.65. The van der Waals surface area contributed by atoms with E-state index in [2.05, 4.69) is 20.9 Å². The molecule has 0 fully saturated rings. The van der Waals surface area contributed by atoms with Gasteiger partial charge in [0.15, 0.2) is 0 Å². The molecule has 7 nitrogen and oxygen atoms in total. The Labute approximate surface area is 156 Å². The fourth-order valence-electron chi connectivity index (χ4n) is 2.06. The summed E-state index contributed by atoms with van der Waals surface area (Å²) in [5.74, 6) is -0.705. The highest BCUT2D eigenvalue weighted by molar-refractivity contribution is 6.33. The third-order valence-corrected chi connectivity index (χ3v) is 3.76. The molecular weight excluding hydrogens is 356 g/mol. The molecule has 0 atom stereocenters. The van der Waals surface area contributed by atoms with E-state index in [1.165, 1.54) is 6.20 Å². The highest BCUT2D eigenvalue weighted by Crippen LogP contribution is 2.15. The Bertz CT molecular complexity index is 793. The first-order valence-corrected chi connectivity index (χ1v) is 8.46. The minimum atomic E-state index is -0.382. The van der Waals surface area contributed by atoms with Crippen molar-refractivity contribution in [1.82, 2.24) is 15.6 Å². The monoisotopic (exact) mass is 374 g/mol. The average molecular weight is 375 g/mol. The summed E-state index contributed by atoms with van der Waals surface area (Å²) in [7, 11) is 0. The molecule has 2 aromatic rings. The van der Waals surface area contributed by atoms with Crippen LogP contribution in [-0.2, 0) is 4.79 Å². The fourth-order valence-corrected chi connectivity index (χ4v) is 2.27. The van der Waals surface area contributed by atoms with Crippen molar-refractivity contribution in [2.75, 3.05) is 18.4 Å². The Morgan fingerprint density at radius 1 is 1.00 bits per heavy atom. The van der Waals surface area contributed by atoms with Crippen molar-refractivity contribution in [3.63, 3.8) is 0 Å². The summed E-state index contributed by atoms with van der Waals surface area (Å²) in [6, 6.07) is 9.63. The van der Waals surface area contributed by atoms with Crippen LogP contribution in [0.15, 0.2) is 42.6 Å². The summed E-state index contributed by atoms with van der Waals surface area (Å²) in [5, 5.41) is 8.19. The molecule has 8 heteroatoms. The number of hydrogen-bond acceptors (Lipinski definition) is 4. The molecule has 0 aliphatic heterocycles. The van der Waals surface area contributed by atoms with E-state index >= 15 is 0 Å². The van der Waals surface area contributed by atoms with Gasteiger partial charge in [-0.3, -0.25) is 14.4 Å². The van der Waals surface area contributed by atoms with E-state index in [1.807, 2.05) is 0 Å². The minimum absolute atomic E-state index is 0.0620. The number of hydrogen-bond donors (Lipinski definition) is 3. The number of amides is 3. The first-order chi connectivity index (χ1) is 12.5. The zero-order valence-corrected chi connectivity index (χ0v) is 15.0. The van der Waals surface area contributed by atoms with Crippen LogP contribution in [0.1, 0.15) is 34.1 Å². The Kier molecular flexibility index (Phi) is 7.11. The number of carbonyl (C=O) groups excluding carboxylic acids is 3. The van der Waals surface area contributed by atoms with Gasteiger partial charge in [-0.2, -0.15) is 0 Å². The van der Waals surface area contributed by atoms with Gasteiger partial charge in [0, 0.05) is 37.0 Å². The number of halogens is 1. The van der Waals surface area contributed by atoms with Crippen LogP contribution < -0.4 is 16.0 Å². The summed E-state index contributed by atoms with van der Waals surface area (Å²) in [5.41, 5.74) is 1.25. The van der Waals surface area contributed by atoms with Gasteiger partial charge < -0.3 is 16.0 Å². The van der Waals surface area contributed by atoms with Gasteiger partial charge in [0.1, 0.15) is 5.15 Å². The maximum absolute atomic E-state index is 12.2. The third kappa shape index (κ3) is 5.56. The molecule has 0 saturated heterocycles. The first kappa shape index (κ1) is 19.4. The topological polar surface area (TPSA) is 100 Å². The van der Waals surface area contributed by atoms with Gasteiger partial charge >= 0.3 is 0 Å². The standard InChI is InChI=1S/C18H19ClN4O3/c1-2-15(24)20-10-11-22-17(25)12-5-7-13(8-6-12)23-18(26)14-4-3-9-21-16(14)19/h3-9H,2,10-11H2,1H3,(H,20,24)(H,22,25)(H,23,26). The van der Waals surface area contributed by atoms with Crippen LogP contribution in [0.4, 0.5) is 5.69 Å². The van der Waals surface area contributed by atoms with Crippen molar-refractivity contribution >= 4 is 35.0 Å². The first-order valence-electron chi connectivity index (χ1n) is 8.08. The SMILES string of the molecule is CCC(=O)NCCNC(=O)c1ccc(NC(=O)c2cccnc2Cl)cc1. The van der Waals surface area contributed by atoms with Crippen LogP contribution in [0.3, 0.4) is 0 Å². The molecule has 1 aromatic heterocycles. The van der Waals surface area contributed by atoms with Crippen molar-refractivity contribution in [1.29, 1.82) is 0 Å². The second-order valence-corrected chi connectivity index (χ2v) is 5.69. The number of nitrogens with zero attached hydrogens (tertiary/aromatic N) is 1. The van der Waals surface area contributed by atoms with E-state index in [0.717, 1.165) is 0 Å². The molecule has 0 bridgehead atoms. The fraction of sp³-hybridized carbons (Fsp3) is 0.222. The van der Waals surface area contributed by atoms with Crippen molar-refractivity contribution in [2.45, 2.75) is 13.3 Å². The predicted octanol–water partition coefficient (Wildman–Crippen LogP) is 2.24. The van der Waals surface area contributed by atoms with E-state index < -0.39 is 0 Å². The van der Waals surface area contributed by atoms with E-state index in [1.54, 1.807) is 43.3 Å². The van der Waals surface area contributed by atoms with E-state index in [9.17, 15) is 14.4 Å². The molecule has 1 heterocycles. The second kappa shape index (κ2) is 9.53. The van der Waals surface area contributed by atoms with Crippen molar-refractivity contribution in [2.24, 2.45) is 0 Å². The maximum atomic E-state index is 12.2. The lowest BCUT2D eigenvalue weighted by Gasteiger charge is -2.08. The van der Waals surface area contributed by atoms with E-state index in [0.29, 0.717) is 30.8 Å². The Hall–Kier alpha value is -2.93. The lowest BCUT2D eigenvalue weighted by atomic mass is 10.2. The Morgan fingerprint density at radius 2 is 1.69 bits per heavy atom. The van der Waals surface area contributed by atoms with E-state index in [4.69, 9.17) is 11.6 Å². The molecule has 136 valence electrons. The minimum Gasteiger partial charge on any atom is -0.354 e. The summed E-state index contributed by atoms with van der Waals surface area (Å²) in [6.07, 6.45) is 1.91. The molecule has 0 spiro atoms. The van der Waals surface area contributed by atoms with E-state index in [-0.39, 0.29) is 28.4 Å². The number of aromatic nitrogens is 1. The van der Waals surface area contributed by atoms with Gasteiger partial charge in [0.05, 0.1) is 5.56 Å². The van der Waals surface area contributed by atoms with Crippen LogP contribution in [0.5, 0.6) is 0 Å². The van der Waals surface area contributed by atoms with Crippen molar-refractivity contribution in [3.8, 4) is 0 Å². The van der Waals surface area contributed by atoms with Gasteiger partial charge in [-0.05, 0) is 36.4 Å². The highest BCUT2D eigenvalue weighted by Gasteiger charge is 2.11. The number of nitrogens with one attached hydrogen (secondary N) is 3. The van der Waals surface area contributed by atoms with Gasteiger partial charge in [-0.1, -0.05) is 18.5 Å². The quantitative estimate of drug-likeness (QED) is 0.511. The van der Waals surface area contributed by atoms with Gasteiger partial charge in [-0.25, -0.2) is 4.98 Å². The molecule has 26 heavy (non-hydrogen) atoms. The molecule has 0 saturated carbocycles. The smallest absolute Gasteiger partial charge is 0.258 e. The molecule has 0 unspecified atom stereocenters. The van der Waals surface area contributed by atoms with Crippen molar-refractivity contribution in [3.05, 3.63) is 58.9 Å². The van der Waals surface area contributed by atoms with Gasteiger partial charge in [0.25, 0.3) is 11.8 Å². The molecule has 3 amide bonds. The Morgan fingerprint density at radius 3 is 2.35 bits per heavy atom.